The van der Waals surface area contributed by atoms with Crippen molar-refractivity contribution in [2.75, 3.05) is 0 Å². The summed E-state index contributed by atoms with van der Waals surface area (Å²) in [6.45, 7) is 2.05. The van der Waals surface area contributed by atoms with E-state index in [1.807, 2.05) is 12.1 Å². The van der Waals surface area contributed by atoms with E-state index in [0.29, 0.717) is 16.5 Å². The van der Waals surface area contributed by atoms with Crippen LogP contribution in [-0.2, 0) is 0 Å². The molecule has 0 fully saturated rings. The van der Waals surface area contributed by atoms with Gasteiger partial charge in [0.1, 0.15) is 12.0 Å². The van der Waals surface area contributed by atoms with Gasteiger partial charge in [-0.05, 0) is 48.9 Å². The van der Waals surface area contributed by atoms with Gasteiger partial charge in [0.25, 0.3) is 5.19 Å². The van der Waals surface area contributed by atoms with Crippen molar-refractivity contribution < 1.29 is 9.53 Å². The highest BCUT2D eigenvalue weighted by molar-refractivity contribution is 7.20. The number of carbonyl (C=O) groups excluding carboxylic acids is 1. The van der Waals surface area contributed by atoms with E-state index < -0.39 is 0 Å². The lowest BCUT2D eigenvalue weighted by molar-refractivity contribution is 0.112. The minimum Gasteiger partial charge on any atom is -0.431 e. The van der Waals surface area contributed by atoms with E-state index >= 15 is 0 Å². The third-order valence-electron chi connectivity index (χ3n) is 2.75. The van der Waals surface area contributed by atoms with E-state index in [1.165, 1.54) is 16.9 Å². The van der Waals surface area contributed by atoms with Crippen LogP contribution in [-0.4, -0.2) is 11.3 Å². The molecule has 0 aliphatic rings. The van der Waals surface area contributed by atoms with Gasteiger partial charge in [0, 0.05) is 5.56 Å². The number of hydrogen-bond donors (Lipinski definition) is 0. The fourth-order valence-corrected chi connectivity index (χ4v) is 2.70. The third-order valence-corrected chi connectivity index (χ3v) is 3.64. The van der Waals surface area contributed by atoms with Crippen molar-refractivity contribution in [1.29, 1.82) is 0 Å². The SMILES string of the molecule is Cc1ccc2nc(Oc3ccc(C=O)cc3)sc2c1. The number of fused-ring (bicyclic) bond motifs is 1. The van der Waals surface area contributed by atoms with E-state index in [4.69, 9.17) is 4.74 Å². The number of carbonyl (C=O) groups is 1. The van der Waals surface area contributed by atoms with E-state index in [-0.39, 0.29) is 0 Å². The van der Waals surface area contributed by atoms with Crippen molar-refractivity contribution in [3.05, 3.63) is 53.6 Å². The predicted octanol–water partition coefficient (Wildman–Crippen LogP) is 4.21. The molecule has 0 aliphatic carbocycles. The van der Waals surface area contributed by atoms with Gasteiger partial charge in [0.2, 0.25) is 0 Å². The summed E-state index contributed by atoms with van der Waals surface area (Å²) in [5.41, 5.74) is 2.78. The summed E-state index contributed by atoms with van der Waals surface area (Å²) >= 11 is 1.51. The van der Waals surface area contributed by atoms with E-state index in [9.17, 15) is 4.79 Å². The molecular weight excluding hydrogens is 258 g/mol. The second kappa shape index (κ2) is 4.82. The van der Waals surface area contributed by atoms with Gasteiger partial charge in [-0.25, -0.2) is 4.98 Å². The van der Waals surface area contributed by atoms with Crippen molar-refractivity contribution in [2.45, 2.75) is 6.92 Å². The van der Waals surface area contributed by atoms with Crippen molar-refractivity contribution >= 4 is 27.8 Å². The number of aryl methyl sites for hydroxylation is 1. The number of aldehydes is 1. The Morgan fingerprint density at radius 2 is 1.95 bits per heavy atom. The van der Waals surface area contributed by atoms with E-state index in [1.54, 1.807) is 24.3 Å². The van der Waals surface area contributed by atoms with Crippen molar-refractivity contribution in [3.63, 3.8) is 0 Å². The molecular formula is C15H11NO2S. The first-order valence-corrected chi connectivity index (χ1v) is 6.66. The van der Waals surface area contributed by atoms with Crippen LogP contribution in [0.25, 0.3) is 10.2 Å². The first-order chi connectivity index (χ1) is 9.24. The summed E-state index contributed by atoms with van der Waals surface area (Å²) in [7, 11) is 0. The Kier molecular flexibility index (Phi) is 3.01. The molecule has 94 valence electrons. The third kappa shape index (κ3) is 2.48. The Bertz CT molecular complexity index is 731. The number of benzene rings is 2. The first kappa shape index (κ1) is 11.9. The first-order valence-electron chi connectivity index (χ1n) is 5.85. The molecule has 0 saturated carbocycles. The smallest absolute Gasteiger partial charge is 0.279 e. The summed E-state index contributed by atoms with van der Waals surface area (Å²) in [4.78, 5) is 15.0. The summed E-state index contributed by atoms with van der Waals surface area (Å²) < 4.78 is 6.80. The van der Waals surface area contributed by atoms with Crippen molar-refractivity contribution in [3.8, 4) is 10.9 Å². The lowest BCUT2D eigenvalue weighted by Crippen LogP contribution is -1.84. The molecule has 0 N–H and O–H groups in total. The van der Waals surface area contributed by atoms with Crippen LogP contribution < -0.4 is 4.74 Å². The average Bonchev–Trinajstić information content (AvgIpc) is 2.81. The molecule has 3 nitrogen and oxygen atoms in total. The highest BCUT2D eigenvalue weighted by atomic mass is 32.1. The maximum atomic E-state index is 10.6. The fourth-order valence-electron chi connectivity index (χ4n) is 1.77. The molecule has 0 aliphatic heterocycles. The number of hydrogen-bond acceptors (Lipinski definition) is 4. The lowest BCUT2D eigenvalue weighted by Gasteiger charge is -2.00. The number of aromatic nitrogens is 1. The van der Waals surface area contributed by atoms with Crippen LogP contribution in [0.1, 0.15) is 15.9 Å². The summed E-state index contributed by atoms with van der Waals surface area (Å²) in [5.74, 6) is 0.682. The van der Waals surface area contributed by atoms with Crippen LogP contribution in [0.4, 0.5) is 0 Å². The number of nitrogens with zero attached hydrogens (tertiary/aromatic N) is 1. The van der Waals surface area contributed by atoms with Crippen LogP contribution in [0.15, 0.2) is 42.5 Å². The number of ether oxygens (including phenoxy) is 1. The fraction of sp³-hybridized carbons (Fsp3) is 0.0667. The quantitative estimate of drug-likeness (QED) is 0.669. The molecule has 3 rings (SSSR count). The van der Waals surface area contributed by atoms with Gasteiger partial charge < -0.3 is 4.74 Å². The molecule has 1 heterocycles. The summed E-state index contributed by atoms with van der Waals surface area (Å²) in [6, 6.07) is 13.1. The van der Waals surface area contributed by atoms with Gasteiger partial charge in [-0.1, -0.05) is 17.4 Å². The molecule has 0 atom stereocenters. The van der Waals surface area contributed by atoms with Crippen LogP contribution in [0.2, 0.25) is 0 Å². The van der Waals surface area contributed by atoms with Crippen LogP contribution in [0.3, 0.4) is 0 Å². The molecule has 0 saturated heterocycles. The topological polar surface area (TPSA) is 39.2 Å². The number of rotatable bonds is 3. The second-order valence-electron chi connectivity index (χ2n) is 4.24. The molecule has 0 bridgehead atoms. The molecule has 0 amide bonds. The van der Waals surface area contributed by atoms with Gasteiger partial charge in [0.15, 0.2) is 0 Å². The Labute approximate surface area is 114 Å². The molecule has 19 heavy (non-hydrogen) atoms. The maximum absolute atomic E-state index is 10.6. The highest BCUT2D eigenvalue weighted by Gasteiger charge is 2.06. The van der Waals surface area contributed by atoms with E-state index in [2.05, 4.69) is 18.0 Å². The van der Waals surface area contributed by atoms with Gasteiger partial charge >= 0.3 is 0 Å². The monoisotopic (exact) mass is 269 g/mol. The molecule has 0 radical (unpaired) electrons. The largest absolute Gasteiger partial charge is 0.431 e. The minimum atomic E-state index is 0.611. The van der Waals surface area contributed by atoms with Gasteiger partial charge in [-0.3, -0.25) is 4.79 Å². The predicted molar refractivity (Wildman–Crippen MR) is 76.3 cm³/mol. The molecule has 2 aromatic carbocycles. The van der Waals surface area contributed by atoms with Gasteiger partial charge in [-0.2, -0.15) is 0 Å². The summed E-state index contributed by atoms with van der Waals surface area (Å²) in [5, 5.41) is 0.611. The Hall–Kier alpha value is -2.20. The Morgan fingerprint density at radius 3 is 2.68 bits per heavy atom. The second-order valence-corrected chi connectivity index (χ2v) is 5.23. The summed E-state index contributed by atoms with van der Waals surface area (Å²) in [6.07, 6.45) is 0.810. The molecule has 3 aromatic rings. The molecule has 1 aromatic heterocycles. The lowest BCUT2D eigenvalue weighted by atomic mass is 10.2. The van der Waals surface area contributed by atoms with Gasteiger partial charge in [-0.15, -0.1) is 0 Å². The van der Waals surface area contributed by atoms with Crippen LogP contribution >= 0.6 is 11.3 Å². The van der Waals surface area contributed by atoms with Crippen LogP contribution in [0, 0.1) is 6.92 Å². The highest BCUT2D eigenvalue weighted by Crippen LogP contribution is 2.31. The van der Waals surface area contributed by atoms with E-state index in [0.717, 1.165) is 16.5 Å². The molecule has 4 heteroatoms. The standard InChI is InChI=1S/C15H11NO2S/c1-10-2-7-13-14(8-10)19-15(16-13)18-12-5-3-11(9-17)4-6-12/h2-9H,1H3. The normalized spacial score (nSPS) is 10.6. The Balaban J connectivity index is 1.89. The number of thiazole rings is 1. The van der Waals surface area contributed by atoms with Gasteiger partial charge in [0.05, 0.1) is 10.2 Å². The Morgan fingerprint density at radius 1 is 1.16 bits per heavy atom. The zero-order valence-electron chi connectivity index (χ0n) is 10.3. The molecule has 0 spiro atoms. The zero-order chi connectivity index (χ0) is 13.2. The van der Waals surface area contributed by atoms with Crippen molar-refractivity contribution in [1.82, 2.24) is 4.98 Å². The van der Waals surface area contributed by atoms with Crippen LogP contribution in [0.5, 0.6) is 10.9 Å². The average molecular weight is 269 g/mol. The minimum absolute atomic E-state index is 0.611. The maximum Gasteiger partial charge on any atom is 0.279 e. The zero-order valence-corrected chi connectivity index (χ0v) is 11.1. The molecule has 0 unspecified atom stereocenters. The van der Waals surface area contributed by atoms with Crippen molar-refractivity contribution in [2.24, 2.45) is 0 Å².